The zero-order valence-corrected chi connectivity index (χ0v) is 16.0. The molecule has 0 unspecified atom stereocenters. The molecule has 3 aromatic rings. The lowest BCUT2D eigenvalue weighted by Gasteiger charge is -2.13. The summed E-state index contributed by atoms with van der Waals surface area (Å²) in [7, 11) is 3.95. The fourth-order valence-electron chi connectivity index (χ4n) is 2.73. The van der Waals surface area contributed by atoms with Crippen LogP contribution in [0.1, 0.15) is 12.0 Å². The van der Waals surface area contributed by atoms with Crippen LogP contribution in [0.5, 0.6) is 11.5 Å². The second kappa shape index (κ2) is 9.04. The second-order valence-corrected chi connectivity index (χ2v) is 6.69. The van der Waals surface area contributed by atoms with E-state index in [0.717, 1.165) is 16.9 Å². The van der Waals surface area contributed by atoms with Crippen molar-refractivity contribution in [1.29, 1.82) is 0 Å². The number of carbonyl (C=O) groups excluding carboxylic acids is 1. The number of amides is 1. The summed E-state index contributed by atoms with van der Waals surface area (Å²) < 4.78 is 18.7. The minimum atomic E-state index is -0.302. The van der Waals surface area contributed by atoms with Crippen molar-refractivity contribution in [3.8, 4) is 11.5 Å². The van der Waals surface area contributed by atoms with Gasteiger partial charge < -0.3 is 15.0 Å². The fourth-order valence-corrected chi connectivity index (χ4v) is 2.73. The highest BCUT2D eigenvalue weighted by Gasteiger charge is 2.06. The Balaban J connectivity index is 1.53. The van der Waals surface area contributed by atoms with Gasteiger partial charge in [-0.2, -0.15) is 0 Å². The van der Waals surface area contributed by atoms with E-state index >= 15 is 0 Å². The quantitative estimate of drug-likeness (QED) is 0.610. The van der Waals surface area contributed by atoms with E-state index in [4.69, 9.17) is 4.74 Å². The lowest BCUT2D eigenvalue weighted by molar-refractivity contribution is -0.116. The van der Waals surface area contributed by atoms with Gasteiger partial charge >= 0.3 is 0 Å². The van der Waals surface area contributed by atoms with Gasteiger partial charge in [-0.15, -0.1) is 0 Å². The number of anilines is 2. The molecule has 1 amide bonds. The van der Waals surface area contributed by atoms with Gasteiger partial charge in [-0.1, -0.05) is 12.1 Å². The van der Waals surface area contributed by atoms with Crippen LogP contribution in [0.3, 0.4) is 0 Å². The molecule has 1 N–H and O–H groups in total. The van der Waals surface area contributed by atoms with E-state index in [1.807, 2.05) is 67.5 Å². The van der Waals surface area contributed by atoms with Crippen molar-refractivity contribution in [3.05, 3.63) is 84.2 Å². The molecule has 0 heterocycles. The Labute approximate surface area is 164 Å². The van der Waals surface area contributed by atoms with Crippen LogP contribution in [-0.2, 0) is 11.2 Å². The maximum absolute atomic E-state index is 13.0. The highest BCUT2D eigenvalue weighted by molar-refractivity contribution is 5.91. The molecule has 0 aliphatic carbocycles. The van der Waals surface area contributed by atoms with Crippen LogP contribution in [-0.4, -0.2) is 20.0 Å². The van der Waals surface area contributed by atoms with Gasteiger partial charge in [-0.25, -0.2) is 4.39 Å². The van der Waals surface area contributed by atoms with Crippen molar-refractivity contribution in [2.24, 2.45) is 0 Å². The topological polar surface area (TPSA) is 41.6 Å². The Morgan fingerprint density at radius 1 is 0.964 bits per heavy atom. The Hall–Kier alpha value is -3.34. The van der Waals surface area contributed by atoms with Gasteiger partial charge in [0.15, 0.2) is 0 Å². The molecule has 28 heavy (non-hydrogen) atoms. The van der Waals surface area contributed by atoms with Crippen LogP contribution in [0.25, 0.3) is 0 Å². The van der Waals surface area contributed by atoms with Crippen molar-refractivity contribution in [2.45, 2.75) is 12.8 Å². The van der Waals surface area contributed by atoms with Crippen LogP contribution in [0.15, 0.2) is 72.8 Å². The van der Waals surface area contributed by atoms with Gasteiger partial charge in [-0.05, 0) is 72.6 Å². The maximum Gasteiger partial charge on any atom is 0.224 e. The molecule has 144 valence electrons. The van der Waals surface area contributed by atoms with Crippen LogP contribution in [0.4, 0.5) is 15.8 Å². The summed E-state index contributed by atoms with van der Waals surface area (Å²) in [5.41, 5.74) is 2.86. The number of hydrogen-bond donors (Lipinski definition) is 1. The number of hydrogen-bond acceptors (Lipinski definition) is 3. The molecule has 0 saturated carbocycles. The van der Waals surface area contributed by atoms with Crippen LogP contribution >= 0.6 is 0 Å². The summed E-state index contributed by atoms with van der Waals surface area (Å²) in [5.74, 6) is 0.882. The molecule has 3 rings (SSSR count). The third-order valence-corrected chi connectivity index (χ3v) is 4.26. The van der Waals surface area contributed by atoms with Gasteiger partial charge in [0.25, 0.3) is 0 Å². The number of aryl methyl sites for hydroxylation is 1. The second-order valence-electron chi connectivity index (χ2n) is 6.69. The molecule has 0 spiro atoms. The van der Waals surface area contributed by atoms with E-state index < -0.39 is 0 Å². The summed E-state index contributed by atoms with van der Waals surface area (Å²) in [4.78, 5) is 14.2. The van der Waals surface area contributed by atoms with Crippen molar-refractivity contribution in [2.75, 3.05) is 24.3 Å². The molecule has 0 radical (unpaired) electrons. The third kappa shape index (κ3) is 5.58. The summed E-state index contributed by atoms with van der Waals surface area (Å²) in [6.07, 6.45) is 0.970. The van der Waals surface area contributed by atoms with Crippen molar-refractivity contribution < 1.29 is 13.9 Å². The van der Waals surface area contributed by atoms with Gasteiger partial charge in [0.2, 0.25) is 5.91 Å². The Bertz CT molecular complexity index is 922. The predicted octanol–water partition coefficient (Wildman–Crippen LogP) is 5.26. The lowest BCUT2D eigenvalue weighted by atomic mass is 10.1. The third-order valence-electron chi connectivity index (χ3n) is 4.26. The number of halogens is 1. The van der Waals surface area contributed by atoms with E-state index in [1.165, 1.54) is 12.1 Å². The number of nitrogens with zero attached hydrogens (tertiary/aromatic N) is 1. The molecule has 0 atom stereocenters. The first-order valence-electron chi connectivity index (χ1n) is 9.09. The fraction of sp³-hybridized carbons (Fsp3) is 0.174. The molecule has 0 fully saturated rings. The van der Waals surface area contributed by atoms with Crippen molar-refractivity contribution in [1.82, 2.24) is 0 Å². The van der Waals surface area contributed by atoms with Gasteiger partial charge in [0, 0.05) is 31.9 Å². The Morgan fingerprint density at radius 2 is 1.68 bits per heavy atom. The number of nitrogens with one attached hydrogen (secondary N) is 1. The number of carbonyl (C=O) groups is 1. The molecule has 4 nitrogen and oxygen atoms in total. The highest BCUT2D eigenvalue weighted by atomic mass is 19.1. The lowest BCUT2D eigenvalue weighted by Crippen LogP contribution is -2.13. The summed E-state index contributed by atoms with van der Waals surface area (Å²) >= 11 is 0. The molecule has 0 aromatic heterocycles. The predicted molar refractivity (Wildman–Crippen MR) is 111 cm³/mol. The number of benzene rings is 3. The molecule has 0 bridgehead atoms. The van der Waals surface area contributed by atoms with Crippen LogP contribution < -0.4 is 15.0 Å². The van der Waals surface area contributed by atoms with Crippen LogP contribution in [0.2, 0.25) is 0 Å². The summed E-state index contributed by atoms with van der Waals surface area (Å²) in [6.45, 7) is 0. The summed E-state index contributed by atoms with van der Waals surface area (Å²) in [5, 5.41) is 2.91. The smallest absolute Gasteiger partial charge is 0.224 e. The van der Waals surface area contributed by atoms with E-state index in [2.05, 4.69) is 5.32 Å². The largest absolute Gasteiger partial charge is 0.457 e. The average molecular weight is 378 g/mol. The number of rotatable bonds is 7. The van der Waals surface area contributed by atoms with E-state index in [-0.39, 0.29) is 11.7 Å². The first-order valence-corrected chi connectivity index (χ1v) is 9.09. The zero-order valence-electron chi connectivity index (χ0n) is 16.0. The molecule has 0 aliphatic rings. The SMILES string of the molecule is CN(C)c1ccc(NC(=O)CCc2cccc(Oc3ccc(F)cc3)c2)cc1. The molecule has 3 aromatic carbocycles. The zero-order chi connectivity index (χ0) is 19.9. The number of ether oxygens (including phenoxy) is 1. The monoisotopic (exact) mass is 378 g/mol. The van der Waals surface area contributed by atoms with Gasteiger partial charge in [-0.3, -0.25) is 4.79 Å². The highest BCUT2D eigenvalue weighted by Crippen LogP contribution is 2.23. The molecule has 5 heteroatoms. The molecule has 0 saturated heterocycles. The minimum Gasteiger partial charge on any atom is -0.457 e. The van der Waals surface area contributed by atoms with E-state index in [9.17, 15) is 9.18 Å². The van der Waals surface area contributed by atoms with Crippen molar-refractivity contribution in [3.63, 3.8) is 0 Å². The van der Waals surface area contributed by atoms with Gasteiger partial charge in [0.05, 0.1) is 0 Å². The van der Waals surface area contributed by atoms with Gasteiger partial charge in [0.1, 0.15) is 17.3 Å². The Morgan fingerprint density at radius 3 is 2.36 bits per heavy atom. The van der Waals surface area contributed by atoms with Crippen molar-refractivity contribution >= 4 is 17.3 Å². The molecular formula is C23H23FN2O2. The minimum absolute atomic E-state index is 0.0394. The average Bonchev–Trinajstić information content (AvgIpc) is 2.69. The molecular weight excluding hydrogens is 355 g/mol. The normalized spacial score (nSPS) is 10.4. The molecule has 0 aliphatic heterocycles. The summed E-state index contributed by atoms with van der Waals surface area (Å²) in [6, 6.07) is 21.1. The van der Waals surface area contributed by atoms with E-state index in [1.54, 1.807) is 12.1 Å². The first-order chi connectivity index (χ1) is 13.5. The standard InChI is InChI=1S/C23H23FN2O2/c1-26(2)20-11-9-19(10-12-20)25-23(27)15-6-17-4-3-5-22(16-17)28-21-13-7-18(24)8-14-21/h3-5,7-14,16H,6,15H2,1-2H3,(H,25,27). The Kier molecular flexibility index (Phi) is 6.27. The van der Waals surface area contributed by atoms with E-state index in [0.29, 0.717) is 24.3 Å². The van der Waals surface area contributed by atoms with Crippen LogP contribution in [0, 0.1) is 5.82 Å². The maximum atomic E-state index is 13.0. The first kappa shape index (κ1) is 19.4.